The molecule has 1 aromatic heterocycles. The van der Waals surface area contributed by atoms with Crippen molar-refractivity contribution in [2.75, 3.05) is 6.54 Å². The summed E-state index contributed by atoms with van der Waals surface area (Å²) in [7, 11) is 1.95. The molecule has 0 saturated carbocycles. The minimum Gasteiger partial charge on any atom is -0.330 e. The van der Waals surface area contributed by atoms with E-state index in [1.807, 2.05) is 11.7 Å². The second kappa shape index (κ2) is 4.19. The quantitative estimate of drug-likeness (QED) is 0.824. The van der Waals surface area contributed by atoms with Crippen molar-refractivity contribution in [3.8, 4) is 0 Å². The molecule has 0 aliphatic carbocycles. The highest BCUT2D eigenvalue weighted by Gasteiger charge is 2.19. The molecule has 0 aliphatic rings. The Kier molecular flexibility index (Phi) is 3.35. The predicted molar refractivity (Wildman–Crippen MR) is 64.6 cm³/mol. The first-order valence-electron chi connectivity index (χ1n) is 5.29. The van der Waals surface area contributed by atoms with Gasteiger partial charge < -0.3 is 5.73 Å². The lowest BCUT2D eigenvalue weighted by molar-refractivity contribution is 0.552. The fourth-order valence-electron chi connectivity index (χ4n) is 1.47. The Morgan fingerprint density at radius 1 is 1.53 bits per heavy atom. The van der Waals surface area contributed by atoms with E-state index in [1.165, 1.54) is 0 Å². The number of aromatic nitrogens is 2. The Labute approximate surface area is 92.0 Å². The molecule has 0 bridgehead atoms. The number of nitrogens with zero attached hydrogens (tertiary/aromatic N) is 2. The summed E-state index contributed by atoms with van der Waals surface area (Å²) in [6.45, 7) is 11.1. The Bertz CT molecular complexity index is 355. The van der Waals surface area contributed by atoms with E-state index < -0.39 is 0 Å². The Morgan fingerprint density at radius 3 is 2.53 bits per heavy atom. The van der Waals surface area contributed by atoms with Crippen molar-refractivity contribution >= 4 is 5.57 Å². The smallest absolute Gasteiger partial charge is 0.0684 e. The third-order valence-electron chi connectivity index (χ3n) is 2.46. The Hall–Kier alpha value is -1.09. The highest BCUT2D eigenvalue weighted by Crippen LogP contribution is 2.24. The molecule has 0 aliphatic heterocycles. The third kappa shape index (κ3) is 2.69. The molecular weight excluding hydrogens is 186 g/mol. The lowest BCUT2D eigenvalue weighted by atomic mass is 9.92. The van der Waals surface area contributed by atoms with Gasteiger partial charge in [0.15, 0.2) is 0 Å². The third-order valence-corrected chi connectivity index (χ3v) is 2.46. The van der Waals surface area contributed by atoms with Gasteiger partial charge in [0.05, 0.1) is 11.4 Å². The molecule has 0 fully saturated rings. The monoisotopic (exact) mass is 207 g/mol. The van der Waals surface area contributed by atoms with Gasteiger partial charge in [-0.1, -0.05) is 27.4 Å². The van der Waals surface area contributed by atoms with Crippen molar-refractivity contribution in [1.82, 2.24) is 9.78 Å². The van der Waals surface area contributed by atoms with Crippen LogP contribution in [0.2, 0.25) is 0 Å². The van der Waals surface area contributed by atoms with Gasteiger partial charge in [-0.2, -0.15) is 5.10 Å². The van der Waals surface area contributed by atoms with Crippen LogP contribution in [0, 0.1) is 0 Å². The highest BCUT2D eigenvalue weighted by molar-refractivity contribution is 5.61. The van der Waals surface area contributed by atoms with Crippen molar-refractivity contribution in [3.05, 3.63) is 24.0 Å². The summed E-state index contributed by atoms with van der Waals surface area (Å²) in [4.78, 5) is 0. The van der Waals surface area contributed by atoms with Gasteiger partial charge in [-0.25, -0.2) is 0 Å². The first kappa shape index (κ1) is 12.0. The molecular formula is C12H21N3. The molecule has 0 spiro atoms. The van der Waals surface area contributed by atoms with Gasteiger partial charge in [0, 0.05) is 12.5 Å². The van der Waals surface area contributed by atoms with Crippen LogP contribution in [0.25, 0.3) is 5.57 Å². The van der Waals surface area contributed by atoms with E-state index in [-0.39, 0.29) is 5.41 Å². The fourth-order valence-corrected chi connectivity index (χ4v) is 1.47. The maximum Gasteiger partial charge on any atom is 0.0684 e. The summed E-state index contributed by atoms with van der Waals surface area (Å²) in [6, 6.07) is 2.11. The van der Waals surface area contributed by atoms with Crippen molar-refractivity contribution in [2.45, 2.75) is 32.6 Å². The normalized spacial score (nSPS) is 11.8. The molecule has 1 aromatic rings. The number of hydrogen-bond acceptors (Lipinski definition) is 2. The summed E-state index contributed by atoms with van der Waals surface area (Å²) >= 11 is 0. The molecule has 0 amide bonds. The molecule has 15 heavy (non-hydrogen) atoms. The van der Waals surface area contributed by atoms with Crippen LogP contribution in [-0.2, 0) is 12.5 Å². The Morgan fingerprint density at radius 2 is 2.13 bits per heavy atom. The van der Waals surface area contributed by atoms with Crippen LogP contribution in [0.1, 0.15) is 38.6 Å². The number of rotatable bonds is 3. The Balaban J connectivity index is 3.02. The standard InChI is InChI=1S/C12H21N3/c1-9(6-7-13)10-8-11(12(2,3)4)14-15(10)5/h8H,1,6-7,13H2,2-5H3. The van der Waals surface area contributed by atoms with Gasteiger partial charge in [-0.3, -0.25) is 4.68 Å². The van der Waals surface area contributed by atoms with Gasteiger partial charge in [0.2, 0.25) is 0 Å². The van der Waals surface area contributed by atoms with Gasteiger partial charge in [0.25, 0.3) is 0 Å². The second-order valence-corrected chi connectivity index (χ2v) is 4.93. The highest BCUT2D eigenvalue weighted by atomic mass is 15.3. The van der Waals surface area contributed by atoms with Crippen LogP contribution in [0.3, 0.4) is 0 Å². The predicted octanol–water partition coefficient (Wildman–Crippen LogP) is 2.08. The molecule has 0 unspecified atom stereocenters. The minimum absolute atomic E-state index is 0.0823. The van der Waals surface area contributed by atoms with Crippen LogP contribution >= 0.6 is 0 Å². The summed E-state index contributed by atoms with van der Waals surface area (Å²) in [5, 5.41) is 4.50. The molecule has 0 aromatic carbocycles. The molecule has 1 heterocycles. The molecule has 3 heteroatoms. The summed E-state index contributed by atoms with van der Waals surface area (Å²) in [6.07, 6.45) is 0.823. The summed E-state index contributed by atoms with van der Waals surface area (Å²) < 4.78 is 1.89. The zero-order valence-corrected chi connectivity index (χ0v) is 10.2. The summed E-state index contributed by atoms with van der Waals surface area (Å²) in [5.41, 5.74) is 8.84. The van der Waals surface area contributed by atoms with Gasteiger partial charge in [0.1, 0.15) is 0 Å². The average Bonchev–Trinajstić information content (AvgIpc) is 2.47. The van der Waals surface area contributed by atoms with E-state index in [2.05, 4.69) is 38.5 Å². The van der Waals surface area contributed by atoms with Crippen LogP contribution in [0.5, 0.6) is 0 Å². The lowest BCUT2D eigenvalue weighted by Crippen LogP contribution is -2.12. The van der Waals surface area contributed by atoms with Crippen LogP contribution in [0.15, 0.2) is 12.6 Å². The minimum atomic E-state index is 0.0823. The largest absolute Gasteiger partial charge is 0.330 e. The van der Waals surface area contributed by atoms with Crippen LogP contribution < -0.4 is 5.73 Å². The van der Waals surface area contributed by atoms with Gasteiger partial charge in [-0.15, -0.1) is 0 Å². The van der Waals surface area contributed by atoms with E-state index in [0.29, 0.717) is 6.54 Å². The van der Waals surface area contributed by atoms with Gasteiger partial charge >= 0.3 is 0 Å². The van der Waals surface area contributed by atoms with E-state index in [4.69, 9.17) is 5.73 Å². The first-order valence-corrected chi connectivity index (χ1v) is 5.29. The zero-order valence-electron chi connectivity index (χ0n) is 10.2. The SMILES string of the molecule is C=C(CCN)c1cc(C(C)(C)C)nn1C. The molecule has 84 valence electrons. The fraction of sp³-hybridized carbons (Fsp3) is 0.583. The van der Waals surface area contributed by atoms with Crippen molar-refractivity contribution in [2.24, 2.45) is 12.8 Å². The van der Waals surface area contributed by atoms with Crippen molar-refractivity contribution in [1.29, 1.82) is 0 Å². The average molecular weight is 207 g/mol. The van der Waals surface area contributed by atoms with Crippen molar-refractivity contribution in [3.63, 3.8) is 0 Å². The molecule has 0 saturated heterocycles. The topological polar surface area (TPSA) is 43.8 Å². The maximum absolute atomic E-state index is 5.52. The van der Waals surface area contributed by atoms with E-state index >= 15 is 0 Å². The maximum atomic E-state index is 5.52. The van der Waals surface area contributed by atoms with Crippen molar-refractivity contribution < 1.29 is 0 Å². The van der Waals surface area contributed by atoms with E-state index in [0.717, 1.165) is 23.4 Å². The molecule has 0 radical (unpaired) electrons. The summed E-state index contributed by atoms with van der Waals surface area (Å²) in [5.74, 6) is 0. The zero-order chi connectivity index (χ0) is 11.6. The second-order valence-electron chi connectivity index (χ2n) is 4.93. The molecule has 1 rings (SSSR count). The molecule has 3 nitrogen and oxygen atoms in total. The van der Waals surface area contributed by atoms with E-state index in [9.17, 15) is 0 Å². The molecule has 0 atom stereocenters. The van der Waals surface area contributed by atoms with Gasteiger partial charge in [-0.05, 0) is 24.6 Å². The lowest BCUT2D eigenvalue weighted by Gasteiger charge is -2.13. The number of aryl methyl sites for hydroxylation is 1. The number of hydrogen-bond donors (Lipinski definition) is 1. The number of nitrogens with two attached hydrogens (primary N) is 1. The van der Waals surface area contributed by atoms with Crippen LogP contribution in [-0.4, -0.2) is 16.3 Å². The van der Waals surface area contributed by atoms with Crippen LogP contribution in [0.4, 0.5) is 0 Å². The molecule has 2 N–H and O–H groups in total. The van der Waals surface area contributed by atoms with E-state index in [1.54, 1.807) is 0 Å². The first-order chi connectivity index (χ1) is 6.86.